The van der Waals surface area contributed by atoms with Gasteiger partial charge in [0.15, 0.2) is 0 Å². The summed E-state index contributed by atoms with van der Waals surface area (Å²) in [6.07, 6.45) is 8.00. The van der Waals surface area contributed by atoms with Crippen molar-refractivity contribution >= 4 is 0 Å². The van der Waals surface area contributed by atoms with E-state index in [9.17, 15) is 0 Å². The first-order valence-corrected chi connectivity index (χ1v) is 8.63. The summed E-state index contributed by atoms with van der Waals surface area (Å²) < 4.78 is 0. The van der Waals surface area contributed by atoms with Gasteiger partial charge < -0.3 is 5.32 Å². The lowest BCUT2D eigenvalue weighted by molar-refractivity contribution is 0.0951. The van der Waals surface area contributed by atoms with Crippen LogP contribution in [-0.2, 0) is 0 Å². The summed E-state index contributed by atoms with van der Waals surface area (Å²) in [4.78, 5) is 2.84. The Balaban J connectivity index is 2.70. The Kier molecular flexibility index (Phi) is 8.01. The smallest absolute Gasteiger partial charge is 0.0252 e. The molecule has 0 radical (unpaired) electrons. The first-order chi connectivity index (χ1) is 9.13. The van der Waals surface area contributed by atoms with Gasteiger partial charge in [0.25, 0.3) is 0 Å². The highest BCUT2D eigenvalue weighted by Gasteiger charge is 2.34. The summed E-state index contributed by atoms with van der Waals surface area (Å²) in [6, 6.07) is 2.29. The molecule has 19 heavy (non-hydrogen) atoms. The predicted octanol–water partition coefficient (Wildman–Crippen LogP) is 4.05. The zero-order chi connectivity index (χ0) is 14.3. The van der Waals surface area contributed by atoms with Crippen molar-refractivity contribution in [2.75, 3.05) is 13.1 Å². The minimum Gasteiger partial charge on any atom is -0.312 e. The summed E-state index contributed by atoms with van der Waals surface area (Å²) >= 11 is 0. The Hall–Kier alpha value is -0.0800. The van der Waals surface area contributed by atoms with E-state index < -0.39 is 0 Å². The van der Waals surface area contributed by atoms with Crippen LogP contribution in [0, 0.1) is 5.92 Å². The van der Waals surface area contributed by atoms with E-state index in [1.54, 1.807) is 0 Å². The first-order valence-electron chi connectivity index (χ1n) is 8.63. The molecule has 2 atom stereocenters. The van der Waals surface area contributed by atoms with Crippen molar-refractivity contribution in [1.29, 1.82) is 0 Å². The van der Waals surface area contributed by atoms with Crippen LogP contribution in [0.3, 0.4) is 0 Å². The van der Waals surface area contributed by atoms with Crippen LogP contribution in [0.1, 0.15) is 73.1 Å². The van der Waals surface area contributed by atoms with E-state index in [4.69, 9.17) is 0 Å². The molecule has 0 heterocycles. The fraction of sp³-hybridized carbons (Fsp3) is 1.00. The van der Waals surface area contributed by atoms with Crippen molar-refractivity contribution in [1.82, 2.24) is 10.2 Å². The maximum atomic E-state index is 3.80. The molecule has 0 saturated heterocycles. The highest BCUT2D eigenvalue weighted by atomic mass is 15.2. The van der Waals surface area contributed by atoms with Crippen LogP contribution < -0.4 is 5.32 Å². The van der Waals surface area contributed by atoms with E-state index in [1.807, 2.05) is 0 Å². The van der Waals surface area contributed by atoms with Crippen LogP contribution >= 0.6 is 0 Å². The van der Waals surface area contributed by atoms with Gasteiger partial charge in [0, 0.05) is 24.7 Å². The zero-order valence-corrected chi connectivity index (χ0v) is 13.9. The van der Waals surface area contributed by atoms with Gasteiger partial charge in [-0.1, -0.05) is 41.0 Å². The lowest BCUT2D eigenvalue weighted by Crippen LogP contribution is -2.52. The van der Waals surface area contributed by atoms with Crippen LogP contribution in [0.5, 0.6) is 0 Å². The van der Waals surface area contributed by atoms with Gasteiger partial charge in [0.2, 0.25) is 0 Å². The summed E-state index contributed by atoms with van der Waals surface area (Å²) in [7, 11) is 0. The average Bonchev–Trinajstić information content (AvgIpc) is 2.84. The average molecular weight is 268 g/mol. The molecule has 1 rings (SSSR count). The van der Waals surface area contributed by atoms with Crippen LogP contribution in [0.4, 0.5) is 0 Å². The minimum absolute atomic E-state index is 0.735. The molecule has 1 aliphatic carbocycles. The third kappa shape index (κ3) is 5.07. The Morgan fingerprint density at radius 1 is 1.11 bits per heavy atom. The van der Waals surface area contributed by atoms with Gasteiger partial charge in [-0.25, -0.2) is 0 Å². The van der Waals surface area contributed by atoms with Crippen molar-refractivity contribution in [2.45, 2.75) is 91.3 Å². The van der Waals surface area contributed by atoms with Gasteiger partial charge in [-0.2, -0.15) is 0 Å². The fourth-order valence-corrected chi connectivity index (χ4v) is 3.64. The van der Waals surface area contributed by atoms with Crippen LogP contribution in [0.25, 0.3) is 0 Å². The van der Waals surface area contributed by atoms with E-state index >= 15 is 0 Å². The van der Waals surface area contributed by atoms with Crippen LogP contribution in [-0.4, -0.2) is 36.1 Å². The highest BCUT2D eigenvalue weighted by molar-refractivity contribution is 4.92. The third-order valence-electron chi connectivity index (χ3n) is 4.55. The monoisotopic (exact) mass is 268 g/mol. The maximum absolute atomic E-state index is 3.80. The normalized spacial score (nSPS) is 24.0. The molecule has 2 unspecified atom stereocenters. The Morgan fingerprint density at radius 3 is 2.32 bits per heavy atom. The van der Waals surface area contributed by atoms with Gasteiger partial charge >= 0.3 is 0 Å². The number of nitrogens with one attached hydrogen (secondary N) is 1. The summed E-state index contributed by atoms with van der Waals surface area (Å²) in [6.45, 7) is 14.1. The zero-order valence-electron chi connectivity index (χ0n) is 13.9. The van der Waals surface area contributed by atoms with E-state index in [0.29, 0.717) is 0 Å². The molecule has 1 saturated carbocycles. The summed E-state index contributed by atoms with van der Waals surface area (Å²) in [5.41, 5.74) is 0. The Labute approximate surface area is 121 Å². The van der Waals surface area contributed by atoms with Crippen LogP contribution in [0.2, 0.25) is 0 Å². The second kappa shape index (κ2) is 8.97. The second-order valence-electron chi connectivity index (χ2n) is 6.62. The third-order valence-corrected chi connectivity index (χ3v) is 4.55. The van der Waals surface area contributed by atoms with Gasteiger partial charge in [-0.15, -0.1) is 0 Å². The number of hydrogen-bond donors (Lipinski definition) is 1. The lowest BCUT2D eigenvalue weighted by atomic mass is 10.0. The van der Waals surface area contributed by atoms with Gasteiger partial charge in [0.05, 0.1) is 0 Å². The van der Waals surface area contributed by atoms with E-state index in [1.165, 1.54) is 51.6 Å². The fourth-order valence-electron chi connectivity index (χ4n) is 3.64. The van der Waals surface area contributed by atoms with Gasteiger partial charge in [-0.3, -0.25) is 4.90 Å². The Morgan fingerprint density at radius 2 is 1.79 bits per heavy atom. The molecule has 2 nitrogen and oxygen atoms in total. The van der Waals surface area contributed by atoms with Crippen molar-refractivity contribution in [3.05, 3.63) is 0 Å². The molecule has 1 N–H and O–H groups in total. The molecule has 0 aromatic heterocycles. The minimum atomic E-state index is 0.735. The molecule has 2 heteroatoms. The highest BCUT2D eigenvalue weighted by Crippen LogP contribution is 2.28. The quantitative estimate of drug-likeness (QED) is 0.678. The summed E-state index contributed by atoms with van der Waals surface area (Å²) in [5, 5.41) is 3.80. The number of rotatable bonds is 9. The molecule has 1 fully saturated rings. The van der Waals surface area contributed by atoms with Crippen molar-refractivity contribution in [3.8, 4) is 0 Å². The lowest BCUT2D eigenvalue weighted by Gasteiger charge is -2.40. The van der Waals surface area contributed by atoms with Crippen molar-refractivity contribution in [2.24, 2.45) is 5.92 Å². The van der Waals surface area contributed by atoms with Gasteiger partial charge in [-0.05, 0) is 44.6 Å². The SMILES string of the molecule is CCCNC1CCCC1N(CC(C)C)C(CC)CC. The molecular weight excluding hydrogens is 232 g/mol. The first kappa shape index (κ1) is 17.0. The largest absolute Gasteiger partial charge is 0.312 e. The van der Waals surface area contributed by atoms with E-state index in [-0.39, 0.29) is 0 Å². The topological polar surface area (TPSA) is 15.3 Å². The molecule has 114 valence electrons. The standard InChI is InChI=1S/C17H36N2/c1-6-12-18-16-10-9-11-17(16)19(13-14(4)5)15(7-2)8-3/h14-18H,6-13H2,1-5H3. The van der Waals surface area contributed by atoms with Gasteiger partial charge in [0.1, 0.15) is 0 Å². The number of nitrogens with zero attached hydrogens (tertiary/aromatic N) is 1. The molecule has 1 aliphatic rings. The Bertz CT molecular complexity index is 223. The molecular formula is C17H36N2. The molecule has 0 amide bonds. The van der Waals surface area contributed by atoms with Crippen molar-refractivity contribution < 1.29 is 0 Å². The molecule has 0 bridgehead atoms. The molecule has 0 aromatic carbocycles. The van der Waals surface area contributed by atoms with E-state index in [0.717, 1.165) is 24.0 Å². The molecule has 0 spiro atoms. The maximum Gasteiger partial charge on any atom is 0.0252 e. The summed E-state index contributed by atoms with van der Waals surface area (Å²) in [5.74, 6) is 0.771. The molecule has 0 aliphatic heterocycles. The predicted molar refractivity (Wildman–Crippen MR) is 85.6 cm³/mol. The molecule has 0 aromatic rings. The van der Waals surface area contributed by atoms with E-state index in [2.05, 4.69) is 44.8 Å². The number of hydrogen-bond acceptors (Lipinski definition) is 2. The van der Waals surface area contributed by atoms with Crippen LogP contribution in [0.15, 0.2) is 0 Å². The van der Waals surface area contributed by atoms with Crippen molar-refractivity contribution in [3.63, 3.8) is 0 Å². The second-order valence-corrected chi connectivity index (χ2v) is 6.62.